The lowest BCUT2D eigenvalue weighted by atomic mass is 10.1. The van der Waals surface area contributed by atoms with E-state index < -0.39 is 12.5 Å². The Hall–Kier alpha value is -2.62. The normalized spacial score (nSPS) is 11.1. The van der Waals surface area contributed by atoms with Crippen LogP contribution >= 0.6 is 0 Å². The highest BCUT2D eigenvalue weighted by atomic mass is 19.3. The number of ether oxygens (including phenoxy) is 2. The number of benzene rings is 1. The Kier molecular flexibility index (Phi) is 5.47. The number of hydrogen-bond donors (Lipinski definition) is 1. The summed E-state index contributed by atoms with van der Waals surface area (Å²) >= 11 is 0. The summed E-state index contributed by atoms with van der Waals surface area (Å²) in [6.45, 7) is -1.14. The Labute approximate surface area is 114 Å². The number of hydrogen-bond acceptors (Lipinski definition) is 4. The highest BCUT2D eigenvalue weighted by Crippen LogP contribution is 2.34. The molecular weight excluding hydrogens is 270 g/mol. The molecule has 0 aliphatic rings. The van der Waals surface area contributed by atoms with Gasteiger partial charge in [-0.25, -0.2) is 0 Å². The largest absolute Gasteiger partial charge is 0.490 e. The van der Waals surface area contributed by atoms with Crippen molar-refractivity contribution in [2.45, 2.75) is 13.5 Å². The van der Waals surface area contributed by atoms with Crippen LogP contribution in [-0.2, 0) is 4.79 Å². The van der Waals surface area contributed by atoms with Crippen LogP contribution in [0.25, 0.3) is 6.08 Å². The monoisotopic (exact) mass is 282 g/mol. The van der Waals surface area contributed by atoms with Crippen molar-refractivity contribution in [3.05, 3.63) is 29.3 Å². The summed E-state index contributed by atoms with van der Waals surface area (Å²) in [5.41, 5.74) is 4.72. The topological polar surface area (TPSA) is 85.3 Å². The van der Waals surface area contributed by atoms with Crippen LogP contribution in [0.5, 0.6) is 11.5 Å². The molecule has 0 heterocycles. The van der Waals surface area contributed by atoms with Gasteiger partial charge in [0.25, 0.3) is 5.91 Å². The molecule has 5 nitrogen and oxygen atoms in total. The van der Waals surface area contributed by atoms with Crippen molar-refractivity contribution in [1.29, 1.82) is 5.26 Å². The summed E-state index contributed by atoms with van der Waals surface area (Å²) in [5.74, 6) is -1.13. The molecule has 0 aromatic heterocycles. The first-order valence-corrected chi connectivity index (χ1v) is 5.61. The molecule has 0 fully saturated rings. The molecule has 106 valence electrons. The van der Waals surface area contributed by atoms with E-state index in [-0.39, 0.29) is 29.2 Å². The molecule has 0 atom stereocenters. The summed E-state index contributed by atoms with van der Waals surface area (Å²) in [5, 5.41) is 8.76. The Bertz CT molecular complexity index is 565. The lowest BCUT2D eigenvalue weighted by Crippen LogP contribution is -2.12. The van der Waals surface area contributed by atoms with E-state index in [4.69, 9.17) is 15.7 Å². The fraction of sp³-hybridized carbons (Fsp3) is 0.231. The van der Waals surface area contributed by atoms with Crippen LogP contribution in [0.3, 0.4) is 0 Å². The van der Waals surface area contributed by atoms with E-state index in [1.54, 1.807) is 13.0 Å². The fourth-order valence-corrected chi connectivity index (χ4v) is 1.44. The number of rotatable bonds is 6. The summed E-state index contributed by atoms with van der Waals surface area (Å²) in [7, 11) is 0. The number of nitriles is 1. The maximum Gasteiger partial charge on any atom is 0.387 e. The van der Waals surface area contributed by atoms with Gasteiger partial charge in [-0.15, -0.1) is 0 Å². The minimum Gasteiger partial charge on any atom is -0.490 e. The second-order valence-corrected chi connectivity index (χ2v) is 3.52. The minimum absolute atomic E-state index is 0.0864. The van der Waals surface area contributed by atoms with Gasteiger partial charge in [-0.05, 0) is 19.1 Å². The van der Waals surface area contributed by atoms with E-state index in [0.29, 0.717) is 0 Å². The van der Waals surface area contributed by atoms with Crippen molar-refractivity contribution < 1.29 is 23.0 Å². The van der Waals surface area contributed by atoms with Crippen molar-refractivity contribution >= 4 is 12.0 Å². The molecule has 0 bridgehead atoms. The van der Waals surface area contributed by atoms with Crippen LogP contribution in [0.15, 0.2) is 23.8 Å². The van der Waals surface area contributed by atoms with Gasteiger partial charge in [0.2, 0.25) is 0 Å². The van der Waals surface area contributed by atoms with Gasteiger partial charge < -0.3 is 15.2 Å². The number of carbonyl (C=O) groups excluding carboxylic acids is 1. The molecule has 1 aromatic rings. The van der Waals surface area contributed by atoms with Crippen LogP contribution in [0.1, 0.15) is 12.5 Å². The number of alkyl halides is 2. The molecule has 0 aliphatic carbocycles. The maximum absolute atomic E-state index is 12.4. The number of halogens is 2. The van der Waals surface area contributed by atoms with E-state index in [2.05, 4.69) is 4.74 Å². The van der Waals surface area contributed by atoms with Gasteiger partial charge in [-0.2, -0.15) is 14.0 Å². The third kappa shape index (κ3) is 3.95. The van der Waals surface area contributed by atoms with Crippen molar-refractivity contribution in [3.63, 3.8) is 0 Å². The summed E-state index contributed by atoms with van der Waals surface area (Å²) < 4.78 is 34.4. The predicted octanol–water partition coefficient (Wildman–Crippen LogP) is 2.08. The zero-order chi connectivity index (χ0) is 15.1. The molecule has 2 N–H and O–H groups in total. The Morgan fingerprint density at radius 1 is 1.55 bits per heavy atom. The van der Waals surface area contributed by atoms with Crippen molar-refractivity contribution in [3.8, 4) is 17.6 Å². The number of nitrogens with two attached hydrogens (primary N) is 1. The van der Waals surface area contributed by atoms with Crippen molar-refractivity contribution in [1.82, 2.24) is 0 Å². The van der Waals surface area contributed by atoms with Gasteiger partial charge in [0, 0.05) is 5.56 Å². The number of para-hydroxylation sites is 1. The highest BCUT2D eigenvalue weighted by molar-refractivity contribution is 6.01. The van der Waals surface area contributed by atoms with E-state index in [1.807, 2.05) is 0 Å². The zero-order valence-corrected chi connectivity index (χ0v) is 10.6. The molecule has 0 spiro atoms. The molecule has 0 saturated carbocycles. The van der Waals surface area contributed by atoms with Crippen molar-refractivity contribution in [2.24, 2.45) is 5.73 Å². The first kappa shape index (κ1) is 15.4. The van der Waals surface area contributed by atoms with Crippen LogP contribution in [0.4, 0.5) is 8.78 Å². The molecule has 0 saturated heterocycles. The fourth-order valence-electron chi connectivity index (χ4n) is 1.44. The van der Waals surface area contributed by atoms with Gasteiger partial charge in [0.1, 0.15) is 11.6 Å². The maximum atomic E-state index is 12.4. The molecule has 1 rings (SSSR count). The second-order valence-electron chi connectivity index (χ2n) is 3.52. The number of carbonyl (C=O) groups is 1. The van der Waals surface area contributed by atoms with Gasteiger partial charge in [0.05, 0.1) is 6.61 Å². The SMILES string of the molecule is CCOc1cccc(C=C(C#N)C(N)=O)c1OC(F)F. The Morgan fingerprint density at radius 3 is 2.75 bits per heavy atom. The lowest BCUT2D eigenvalue weighted by molar-refractivity contribution is -0.114. The minimum atomic E-state index is -3.07. The van der Waals surface area contributed by atoms with E-state index >= 15 is 0 Å². The average Bonchev–Trinajstić information content (AvgIpc) is 2.38. The van der Waals surface area contributed by atoms with Crippen molar-refractivity contribution in [2.75, 3.05) is 6.61 Å². The molecule has 20 heavy (non-hydrogen) atoms. The molecule has 0 radical (unpaired) electrons. The smallest absolute Gasteiger partial charge is 0.387 e. The first-order chi connectivity index (χ1) is 9.49. The Morgan fingerprint density at radius 2 is 2.25 bits per heavy atom. The van der Waals surface area contributed by atoms with Gasteiger partial charge in [-0.3, -0.25) is 4.79 Å². The van der Waals surface area contributed by atoms with Gasteiger partial charge in [0.15, 0.2) is 11.5 Å². The summed E-state index contributed by atoms with van der Waals surface area (Å²) in [6.07, 6.45) is 1.07. The van der Waals surface area contributed by atoms with E-state index in [9.17, 15) is 13.6 Å². The number of primary amides is 1. The standard InChI is InChI=1S/C13H12F2N2O3/c1-2-19-10-5-3-4-8(11(10)20-13(14)15)6-9(7-16)12(17)18/h3-6,13H,2H2,1H3,(H2,17,18). The highest BCUT2D eigenvalue weighted by Gasteiger charge is 2.16. The predicted molar refractivity (Wildman–Crippen MR) is 67.0 cm³/mol. The van der Waals surface area contributed by atoms with Crippen LogP contribution in [-0.4, -0.2) is 19.1 Å². The van der Waals surface area contributed by atoms with Crippen LogP contribution in [0.2, 0.25) is 0 Å². The van der Waals surface area contributed by atoms with Crippen LogP contribution < -0.4 is 15.2 Å². The molecule has 1 aromatic carbocycles. The van der Waals surface area contributed by atoms with E-state index in [0.717, 1.165) is 6.08 Å². The second kappa shape index (κ2) is 7.09. The third-order valence-electron chi connectivity index (χ3n) is 2.20. The third-order valence-corrected chi connectivity index (χ3v) is 2.20. The van der Waals surface area contributed by atoms with Gasteiger partial charge >= 0.3 is 6.61 Å². The van der Waals surface area contributed by atoms with E-state index in [1.165, 1.54) is 18.2 Å². The molecular formula is C13H12F2N2O3. The number of amides is 1. The molecule has 0 aliphatic heterocycles. The quantitative estimate of drug-likeness (QED) is 0.639. The first-order valence-electron chi connectivity index (χ1n) is 5.61. The molecule has 7 heteroatoms. The molecule has 1 amide bonds. The molecule has 0 unspecified atom stereocenters. The number of nitrogens with zero attached hydrogens (tertiary/aromatic N) is 1. The average molecular weight is 282 g/mol. The van der Waals surface area contributed by atoms with Crippen LogP contribution in [0, 0.1) is 11.3 Å². The van der Waals surface area contributed by atoms with Gasteiger partial charge in [-0.1, -0.05) is 12.1 Å². The Balaban J connectivity index is 3.34. The summed E-state index contributed by atoms with van der Waals surface area (Å²) in [4.78, 5) is 11.0. The zero-order valence-electron chi connectivity index (χ0n) is 10.6. The lowest BCUT2D eigenvalue weighted by Gasteiger charge is -2.13. The summed E-state index contributed by atoms with van der Waals surface area (Å²) in [6, 6.07) is 5.95.